The first-order valence-corrected chi connectivity index (χ1v) is 12.4. The second-order valence-electron chi connectivity index (χ2n) is 8.20. The molecule has 31 heavy (non-hydrogen) atoms. The van der Waals surface area contributed by atoms with Crippen LogP contribution in [0.3, 0.4) is 0 Å². The minimum absolute atomic E-state index is 0.422. The number of benzene rings is 2. The highest BCUT2D eigenvalue weighted by molar-refractivity contribution is 7.96. The van der Waals surface area contributed by atoms with Crippen LogP contribution in [0.5, 0.6) is 11.5 Å². The molecule has 2 heterocycles. The lowest BCUT2D eigenvalue weighted by Gasteiger charge is -2.37. The van der Waals surface area contributed by atoms with E-state index >= 15 is 0 Å². The van der Waals surface area contributed by atoms with Crippen LogP contribution in [0, 0.1) is 0 Å². The highest BCUT2D eigenvalue weighted by Crippen LogP contribution is 2.40. The molecule has 0 saturated carbocycles. The summed E-state index contributed by atoms with van der Waals surface area (Å²) in [5, 5.41) is 1.27. The van der Waals surface area contributed by atoms with Gasteiger partial charge in [-0.25, -0.2) is 4.31 Å². The number of methoxy groups -OCH3 is 2. The summed E-state index contributed by atoms with van der Waals surface area (Å²) in [5.74, 6) is 3.07. The maximum atomic E-state index is 5.73. The molecule has 1 aromatic heterocycles. The molecule has 166 valence electrons. The molecule has 3 aromatic rings. The number of aromatic nitrogens is 1. The van der Waals surface area contributed by atoms with Crippen LogP contribution in [0.1, 0.15) is 55.0 Å². The summed E-state index contributed by atoms with van der Waals surface area (Å²) in [4.78, 5) is 3.43. The van der Waals surface area contributed by atoms with E-state index in [0.29, 0.717) is 6.04 Å². The van der Waals surface area contributed by atoms with Crippen molar-refractivity contribution < 1.29 is 9.47 Å². The van der Waals surface area contributed by atoms with Gasteiger partial charge in [-0.05, 0) is 72.2 Å². The third kappa shape index (κ3) is 4.58. The first kappa shape index (κ1) is 22.1. The van der Waals surface area contributed by atoms with Crippen LogP contribution in [0.2, 0.25) is 0 Å². The third-order valence-corrected chi connectivity index (χ3v) is 7.35. The highest BCUT2D eigenvalue weighted by atomic mass is 32.2. The minimum Gasteiger partial charge on any atom is -0.497 e. The third-order valence-electron chi connectivity index (χ3n) is 6.33. The predicted octanol–water partition coefficient (Wildman–Crippen LogP) is 6.34. The van der Waals surface area contributed by atoms with E-state index in [2.05, 4.69) is 53.6 Å². The Morgan fingerprint density at radius 1 is 1.06 bits per heavy atom. The fourth-order valence-electron chi connectivity index (χ4n) is 4.81. The van der Waals surface area contributed by atoms with E-state index in [9.17, 15) is 0 Å². The van der Waals surface area contributed by atoms with Crippen molar-refractivity contribution in [3.05, 3.63) is 58.8 Å². The summed E-state index contributed by atoms with van der Waals surface area (Å²) in [5.41, 5.74) is 6.83. The number of aromatic amines is 1. The monoisotopic (exact) mass is 438 g/mol. The molecule has 4 nitrogen and oxygen atoms in total. The lowest BCUT2D eigenvalue weighted by Crippen LogP contribution is -2.31. The quantitative estimate of drug-likeness (QED) is 0.396. The number of hydrogen-bond acceptors (Lipinski definition) is 4. The summed E-state index contributed by atoms with van der Waals surface area (Å²) < 4.78 is 13.8. The van der Waals surface area contributed by atoms with E-state index in [-0.39, 0.29) is 0 Å². The van der Waals surface area contributed by atoms with Gasteiger partial charge < -0.3 is 14.5 Å². The van der Waals surface area contributed by atoms with Gasteiger partial charge in [0.05, 0.1) is 14.2 Å². The number of aryl methyl sites for hydroxylation is 2. The zero-order valence-electron chi connectivity index (χ0n) is 19.2. The van der Waals surface area contributed by atoms with E-state index in [1.165, 1.54) is 33.2 Å². The topological polar surface area (TPSA) is 37.5 Å². The van der Waals surface area contributed by atoms with Gasteiger partial charge in [0, 0.05) is 35.4 Å². The summed E-state index contributed by atoms with van der Waals surface area (Å²) >= 11 is 1.97. The van der Waals surface area contributed by atoms with Crippen molar-refractivity contribution in [3.8, 4) is 11.5 Å². The molecule has 5 heteroatoms. The number of fused-ring (bicyclic) bond motifs is 2. The maximum absolute atomic E-state index is 5.73. The largest absolute Gasteiger partial charge is 0.497 e. The molecule has 0 aliphatic carbocycles. The molecular formula is C26H34N2O2S. The standard InChI is InChI=1S/C26H34N2O2S/c1-5-7-19-14-23-18(15-26(19)30-4)12-13-28(31-6-2)25(23)11-8-20-17-27-24-10-9-21(29-3)16-22(20)24/h9-10,14-17,25,27H,5-8,11-13H2,1-4H3. The normalized spacial score (nSPS) is 16.5. The summed E-state index contributed by atoms with van der Waals surface area (Å²) in [6, 6.07) is 11.4. The van der Waals surface area contributed by atoms with Crippen LogP contribution in [0.25, 0.3) is 10.9 Å². The molecule has 0 fully saturated rings. The summed E-state index contributed by atoms with van der Waals surface area (Å²) in [6.45, 7) is 5.58. The fraction of sp³-hybridized carbons (Fsp3) is 0.462. The molecule has 4 rings (SSSR count). The van der Waals surface area contributed by atoms with Crippen molar-refractivity contribution in [2.24, 2.45) is 0 Å². The average Bonchev–Trinajstić information content (AvgIpc) is 3.20. The maximum Gasteiger partial charge on any atom is 0.122 e. The molecule has 0 amide bonds. The van der Waals surface area contributed by atoms with E-state index in [1.807, 2.05) is 18.0 Å². The van der Waals surface area contributed by atoms with Crippen molar-refractivity contribution in [2.45, 2.75) is 52.0 Å². The Morgan fingerprint density at radius 3 is 2.68 bits per heavy atom. The van der Waals surface area contributed by atoms with Gasteiger partial charge in [0.25, 0.3) is 0 Å². The Kier molecular flexibility index (Phi) is 7.13. The van der Waals surface area contributed by atoms with Crippen molar-refractivity contribution in [3.63, 3.8) is 0 Å². The summed E-state index contributed by atoms with van der Waals surface area (Å²) in [6.07, 6.45) is 7.58. The molecular weight excluding hydrogens is 404 g/mol. The first-order chi connectivity index (χ1) is 15.2. The lowest BCUT2D eigenvalue weighted by molar-refractivity contribution is 0.321. The van der Waals surface area contributed by atoms with E-state index in [4.69, 9.17) is 9.47 Å². The lowest BCUT2D eigenvalue weighted by atomic mass is 9.88. The molecule has 2 aromatic carbocycles. The Labute approximate surface area is 190 Å². The van der Waals surface area contributed by atoms with E-state index < -0.39 is 0 Å². The molecule has 0 bridgehead atoms. The van der Waals surface area contributed by atoms with Crippen LogP contribution >= 0.6 is 11.9 Å². The zero-order valence-corrected chi connectivity index (χ0v) is 20.0. The van der Waals surface area contributed by atoms with E-state index in [1.54, 1.807) is 14.2 Å². The second kappa shape index (κ2) is 10.0. The fourth-order valence-corrected chi connectivity index (χ4v) is 5.76. The van der Waals surface area contributed by atoms with Gasteiger partial charge in [0.2, 0.25) is 0 Å². The molecule has 1 N–H and O–H groups in total. The minimum atomic E-state index is 0.422. The SMILES string of the molecule is CCCc1cc2c(cc1OC)CCN(SCC)C2CCc1c[nH]c2ccc(OC)cc12. The Morgan fingerprint density at radius 2 is 1.94 bits per heavy atom. The number of H-pyrrole nitrogens is 1. The van der Waals surface area contributed by atoms with Gasteiger partial charge in [-0.2, -0.15) is 0 Å². The van der Waals surface area contributed by atoms with Gasteiger partial charge in [-0.15, -0.1) is 0 Å². The average molecular weight is 439 g/mol. The molecule has 1 atom stereocenters. The van der Waals surface area contributed by atoms with Crippen molar-refractivity contribution >= 4 is 22.9 Å². The Bertz CT molecular complexity index is 1030. The number of nitrogens with zero attached hydrogens (tertiary/aromatic N) is 1. The molecule has 1 aliphatic heterocycles. The first-order valence-electron chi connectivity index (χ1n) is 11.4. The molecule has 0 radical (unpaired) electrons. The Hall–Kier alpha value is -2.11. The Balaban J connectivity index is 1.65. The number of nitrogens with one attached hydrogen (secondary N) is 1. The second-order valence-corrected chi connectivity index (χ2v) is 9.51. The molecule has 0 saturated heterocycles. The van der Waals surface area contributed by atoms with Gasteiger partial charge >= 0.3 is 0 Å². The smallest absolute Gasteiger partial charge is 0.122 e. The van der Waals surface area contributed by atoms with Crippen LogP contribution in [-0.2, 0) is 19.3 Å². The number of hydrogen-bond donors (Lipinski definition) is 1. The number of rotatable bonds is 9. The van der Waals surface area contributed by atoms with Crippen LogP contribution in [0.15, 0.2) is 36.5 Å². The van der Waals surface area contributed by atoms with Crippen molar-refractivity contribution in [2.75, 3.05) is 26.5 Å². The van der Waals surface area contributed by atoms with Gasteiger partial charge in [0.1, 0.15) is 11.5 Å². The zero-order chi connectivity index (χ0) is 21.8. The van der Waals surface area contributed by atoms with Crippen LogP contribution in [0.4, 0.5) is 0 Å². The van der Waals surface area contributed by atoms with Gasteiger partial charge in [0.15, 0.2) is 0 Å². The van der Waals surface area contributed by atoms with Crippen molar-refractivity contribution in [1.82, 2.24) is 9.29 Å². The van der Waals surface area contributed by atoms with Gasteiger partial charge in [-0.1, -0.05) is 38.3 Å². The van der Waals surface area contributed by atoms with E-state index in [0.717, 1.165) is 55.9 Å². The molecule has 0 spiro atoms. The number of ether oxygens (including phenoxy) is 2. The predicted molar refractivity (Wildman–Crippen MR) is 131 cm³/mol. The van der Waals surface area contributed by atoms with Crippen molar-refractivity contribution in [1.29, 1.82) is 0 Å². The highest BCUT2D eigenvalue weighted by Gasteiger charge is 2.29. The molecule has 1 unspecified atom stereocenters. The summed E-state index contributed by atoms with van der Waals surface area (Å²) in [7, 11) is 3.53. The van der Waals surface area contributed by atoms with Gasteiger partial charge in [-0.3, -0.25) is 0 Å². The van der Waals surface area contributed by atoms with Crippen LogP contribution < -0.4 is 9.47 Å². The molecule has 1 aliphatic rings. The van der Waals surface area contributed by atoms with Crippen LogP contribution in [-0.4, -0.2) is 35.8 Å².